The number of aryl methyl sites for hydroxylation is 1. The lowest BCUT2D eigenvalue weighted by atomic mass is 9.96. The number of hydrogen-bond donors (Lipinski definition) is 1. The quantitative estimate of drug-likeness (QED) is 0.660. The van der Waals surface area contributed by atoms with Gasteiger partial charge in [0.05, 0.1) is 16.7 Å². The molecule has 0 bridgehead atoms. The van der Waals surface area contributed by atoms with Crippen LogP contribution in [0.15, 0.2) is 41.4 Å². The van der Waals surface area contributed by atoms with Gasteiger partial charge in [-0.15, -0.1) is 0 Å². The highest BCUT2D eigenvalue weighted by atomic mass is 32.2. The van der Waals surface area contributed by atoms with Crippen LogP contribution in [-0.2, 0) is 9.84 Å². The molecule has 2 aliphatic heterocycles. The number of rotatable bonds is 4. The summed E-state index contributed by atoms with van der Waals surface area (Å²) in [6.45, 7) is 1.78. The molecular weight excluding hydrogens is 376 g/mol. The number of aromatic nitrogens is 2. The Morgan fingerprint density at radius 2 is 1.82 bits per heavy atom. The first kappa shape index (κ1) is 18.8. The fourth-order valence-corrected chi connectivity index (χ4v) is 4.51. The van der Waals surface area contributed by atoms with Gasteiger partial charge in [0.1, 0.15) is 5.75 Å². The first-order valence-electron chi connectivity index (χ1n) is 9.52. The third kappa shape index (κ3) is 3.46. The first-order valence-corrected chi connectivity index (χ1v) is 11.4. The summed E-state index contributed by atoms with van der Waals surface area (Å²) in [6, 6.07) is 8.65. The number of pyridine rings is 1. The molecule has 7 heteroatoms. The monoisotopic (exact) mass is 400 g/mol. The topological polar surface area (TPSA) is 81.4 Å². The van der Waals surface area contributed by atoms with Gasteiger partial charge in [0.25, 0.3) is 0 Å². The normalized spacial score (nSPS) is 15.8. The zero-order chi connectivity index (χ0) is 19.9. The van der Waals surface area contributed by atoms with E-state index in [9.17, 15) is 13.6 Å². The molecule has 0 saturated heterocycles. The van der Waals surface area contributed by atoms with Crippen molar-refractivity contribution in [3.63, 3.8) is 0 Å². The summed E-state index contributed by atoms with van der Waals surface area (Å²) in [7, 11) is -3.37. The summed E-state index contributed by atoms with van der Waals surface area (Å²) in [4.78, 5) is 4.48. The van der Waals surface area contributed by atoms with E-state index in [2.05, 4.69) is 4.98 Å². The van der Waals surface area contributed by atoms with Crippen molar-refractivity contribution in [1.29, 1.82) is 0 Å². The third-order valence-corrected chi connectivity index (χ3v) is 6.48. The van der Waals surface area contributed by atoms with Crippen molar-refractivity contribution in [2.45, 2.75) is 50.0 Å². The molecule has 6 nitrogen and oxygen atoms in total. The molecule has 0 spiro atoms. The van der Waals surface area contributed by atoms with Crippen molar-refractivity contribution in [2.75, 3.05) is 6.26 Å². The smallest absolute Gasteiger partial charge is 0.176 e. The standard InChI is InChI=1S/C21H24N2O4S/c1-14-12-18(17-10-11-22-21(17)23(14)24)19-13-16(28(2,25)26)8-9-20(19)27-15-6-4-3-5-7-15/h8-13,15,24H,3-7H2,1-2H3. The Balaban J connectivity index is 1.88. The highest BCUT2D eigenvalue weighted by molar-refractivity contribution is 7.90. The average Bonchev–Trinajstić information content (AvgIpc) is 3.15. The second-order valence-electron chi connectivity index (χ2n) is 7.50. The molecule has 1 N–H and O–H groups in total. The summed E-state index contributed by atoms with van der Waals surface area (Å²) >= 11 is 0. The van der Waals surface area contributed by atoms with E-state index in [1.807, 2.05) is 12.1 Å². The molecule has 0 radical (unpaired) electrons. The minimum absolute atomic E-state index is 0.137. The van der Waals surface area contributed by atoms with Crippen molar-refractivity contribution in [1.82, 2.24) is 9.71 Å². The van der Waals surface area contributed by atoms with E-state index in [0.29, 0.717) is 22.8 Å². The number of benzene rings is 1. The third-order valence-electron chi connectivity index (χ3n) is 5.37. The number of fused-ring (bicyclic) bond motifs is 1. The Labute approximate surface area is 165 Å². The highest BCUT2D eigenvalue weighted by Crippen LogP contribution is 2.40. The highest BCUT2D eigenvalue weighted by Gasteiger charge is 2.23. The van der Waals surface area contributed by atoms with Crippen molar-refractivity contribution < 1.29 is 18.4 Å². The molecule has 1 aromatic rings. The predicted octanol–water partition coefficient (Wildman–Crippen LogP) is 4.32. The van der Waals surface area contributed by atoms with Gasteiger partial charge in [0.2, 0.25) is 0 Å². The molecule has 2 heterocycles. The fraction of sp³-hybridized carbons (Fsp3) is 0.381. The molecule has 1 aliphatic carbocycles. The van der Waals surface area contributed by atoms with Gasteiger partial charge in [0.15, 0.2) is 15.7 Å². The van der Waals surface area contributed by atoms with Crippen LogP contribution in [0.4, 0.5) is 0 Å². The first-order chi connectivity index (χ1) is 13.3. The predicted molar refractivity (Wildman–Crippen MR) is 107 cm³/mol. The lowest BCUT2D eigenvalue weighted by Crippen LogP contribution is -2.20. The molecule has 0 amide bonds. The van der Waals surface area contributed by atoms with Crippen molar-refractivity contribution in [3.05, 3.63) is 42.2 Å². The Kier molecular flexibility index (Phi) is 4.79. The van der Waals surface area contributed by atoms with Crippen LogP contribution in [0.1, 0.15) is 37.8 Å². The molecule has 4 rings (SSSR count). The maximum atomic E-state index is 12.2. The molecular formula is C21H24N2O4S. The largest absolute Gasteiger partial charge is 0.490 e. The van der Waals surface area contributed by atoms with Gasteiger partial charge in [-0.25, -0.2) is 13.4 Å². The van der Waals surface area contributed by atoms with Gasteiger partial charge in [-0.3, -0.25) is 0 Å². The fourth-order valence-electron chi connectivity index (χ4n) is 3.86. The SMILES string of the molecule is Cc1cc(-c2cc(S(C)(=O)=O)ccc2OC2CCCCC2)c2ccnc-2n1O. The molecule has 0 atom stereocenters. The molecule has 1 aromatic carbocycles. The van der Waals surface area contributed by atoms with E-state index in [0.717, 1.165) is 41.5 Å². The summed E-state index contributed by atoms with van der Waals surface area (Å²) in [6.07, 6.45) is 8.50. The number of ether oxygens (including phenoxy) is 1. The van der Waals surface area contributed by atoms with E-state index in [1.165, 1.54) is 12.7 Å². The summed E-state index contributed by atoms with van der Waals surface area (Å²) in [5.74, 6) is 1.10. The van der Waals surface area contributed by atoms with Crippen molar-refractivity contribution in [3.8, 4) is 28.3 Å². The number of nitrogens with zero attached hydrogens (tertiary/aromatic N) is 2. The van der Waals surface area contributed by atoms with E-state index < -0.39 is 9.84 Å². The lowest BCUT2D eigenvalue weighted by Gasteiger charge is -2.25. The molecule has 0 aromatic heterocycles. The Hall–Kier alpha value is -2.54. The van der Waals surface area contributed by atoms with Crippen LogP contribution in [0.2, 0.25) is 0 Å². The van der Waals surface area contributed by atoms with E-state index in [4.69, 9.17) is 4.74 Å². The van der Waals surface area contributed by atoms with Gasteiger partial charge >= 0.3 is 0 Å². The minimum Gasteiger partial charge on any atom is -0.490 e. The maximum absolute atomic E-state index is 12.2. The zero-order valence-electron chi connectivity index (χ0n) is 16.1. The second-order valence-corrected chi connectivity index (χ2v) is 9.52. The molecule has 1 fully saturated rings. The van der Waals surface area contributed by atoms with Crippen LogP contribution in [0, 0.1) is 6.92 Å². The zero-order valence-corrected chi connectivity index (χ0v) is 16.9. The van der Waals surface area contributed by atoms with Crippen LogP contribution in [-0.4, -0.2) is 35.7 Å². The average molecular weight is 401 g/mol. The lowest BCUT2D eigenvalue weighted by molar-refractivity contribution is 0.155. The second kappa shape index (κ2) is 7.13. The summed E-state index contributed by atoms with van der Waals surface area (Å²) in [5.41, 5.74) is 2.85. The summed E-state index contributed by atoms with van der Waals surface area (Å²) in [5, 5.41) is 10.3. The maximum Gasteiger partial charge on any atom is 0.176 e. The van der Waals surface area contributed by atoms with Crippen molar-refractivity contribution in [2.24, 2.45) is 0 Å². The Morgan fingerprint density at radius 1 is 1.07 bits per heavy atom. The molecule has 0 unspecified atom stereocenters. The van der Waals surface area contributed by atoms with Crippen molar-refractivity contribution >= 4 is 9.84 Å². The Bertz CT molecular complexity index is 1080. The number of sulfone groups is 1. The van der Waals surface area contributed by atoms with Gasteiger partial charge in [0, 0.05) is 23.6 Å². The summed E-state index contributed by atoms with van der Waals surface area (Å²) < 4.78 is 31.7. The molecule has 3 aliphatic rings. The molecule has 148 valence electrons. The van der Waals surface area contributed by atoms with Gasteiger partial charge < -0.3 is 9.94 Å². The minimum atomic E-state index is -3.37. The van der Waals surface area contributed by atoms with Crippen LogP contribution < -0.4 is 4.74 Å². The molecule has 28 heavy (non-hydrogen) atoms. The van der Waals surface area contributed by atoms with Crippen LogP contribution >= 0.6 is 0 Å². The molecule has 1 saturated carbocycles. The van der Waals surface area contributed by atoms with Crippen LogP contribution in [0.5, 0.6) is 5.75 Å². The van der Waals surface area contributed by atoms with Gasteiger partial charge in [-0.05, 0) is 68.5 Å². The van der Waals surface area contributed by atoms with Crippen LogP contribution in [0.3, 0.4) is 0 Å². The van der Waals surface area contributed by atoms with E-state index in [1.54, 1.807) is 31.3 Å². The van der Waals surface area contributed by atoms with Gasteiger partial charge in [-0.1, -0.05) is 6.42 Å². The number of hydrogen-bond acceptors (Lipinski definition) is 5. The van der Waals surface area contributed by atoms with Crippen LogP contribution in [0.25, 0.3) is 22.5 Å². The van der Waals surface area contributed by atoms with Gasteiger partial charge in [-0.2, -0.15) is 4.73 Å². The van der Waals surface area contributed by atoms with E-state index >= 15 is 0 Å². The van der Waals surface area contributed by atoms with E-state index in [-0.39, 0.29) is 11.0 Å². The Morgan fingerprint density at radius 3 is 2.54 bits per heavy atom.